The Labute approximate surface area is 169 Å². The zero-order valence-electron chi connectivity index (χ0n) is 15.8. The number of hydrazone groups is 1. The van der Waals surface area contributed by atoms with Crippen LogP contribution in [0.15, 0.2) is 64.7 Å². The number of rotatable bonds is 5. The van der Waals surface area contributed by atoms with Crippen LogP contribution in [0.3, 0.4) is 0 Å². The van der Waals surface area contributed by atoms with Crippen molar-refractivity contribution in [3.63, 3.8) is 0 Å². The molecule has 1 aromatic heterocycles. The van der Waals surface area contributed by atoms with Crippen LogP contribution in [0.1, 0.15) is 31.9 Å². The van der Waals surface area contributed by atoms with E-state index in [4.69, 9.17) is 11.6 Å². The SMILES string of the molecule is CC(C)(C)c1ccc(S(=O)(=O)NN=Cc2cn[nH]c2-c2ccc(Cl)cc2)cc1. The number of hydrogen-bond donors (Lipinski definition) is 2. The fraction of sp³-hybridized carbons (Fsp3) is 0.200. The second-order valence-electron chi connectivity index (χ2n) is 7.33. The molecule has 0 radical (unpaired) electrons. The van der Waals surface area contributed by atoms with E-state index in [0.29, 0.717) is 16.3 Å². The lowest BCUT2D eigenvalue weighted by molar-refractivity contribution is 0.580. The third kappa shape index (κ3) is 4.61. The predicted molar refractivity (Wildman–Crippen MR) is 112 cm³/mol. The van der Waals surface area contributed by atoms with E-state index in [0.717, 1.165) is 11.1 Å². The van der Waals surface area contributed by atoms with E-state index >= 15 is 0 Å². The molecule has 0 atom stereocenters. The van der Waals surface area contributed by atoms with Crippen LogP contribution in [0.4, 0.5) is 0 Å². The van der Waals surface area contributed by atoms with Crippen LogP contribution in [0.2, 0.25) is 5.02 Å². The summed E-state index contributed by atoms with van der Waals surface area (Å²) in [7, 11) is -3.75. The van der Waals surface area contributed by atoms with Gasteiger partial charge in [0.15, 0.2) is 0 Å². The maximum atomic E-state index is 12.5. The van der Waals surface area contributed by atoms with Gasteiger partial charge >= 0.3 is 0 Å². The Bertz CT molecular complexity index is 1080. The molecule has 2 aromatic carbocycles. The number of aromatic amines is 1. The van der Waals surface area contributed by atoms with Crippen molar-refractivity contribution in [1.82, 2.24) is 15.0 Å². The van der Waals surface area contributed by atoms with E-state index in [1.54, 1.807) is 30.5 Å². The first kappa shape index (κ1) is 20.1. The minimum atomic E-state index is -3.75. The molecule has 0 aliphatic rings. The van der Waals surface area contributed by atoms with Gasteiger partial charge in [0.25, 0.3) is 10.0 Å². The quantitative estimate of drug-likeness (QED) is 0.479. The molecule has 0 fully saturated rings. The lowest BCUT2D eigenvalue weighted by Crippen LogP contribution is -2.19. The molecular formula is C20H21ClN4O2S. The summed E-state index contributed by atoms with van der Waals surface area (Å²) in [5.74, 6) is 0. The number of nitrogens with one attached hydrogen (secondary N) is 2. The fourth-order valence-electron chi connectivity index (χ4n) is 2.59. The van der Waals surface area contributed by atoms with Crippen molar-refractivity contribution in [2.24, 2.45) is 5.10 Å². The maximum absolute atomic E-state index is 12.5. The Morgan fingerprint density at radius 3 is 2.32 bits per heavy atom. The van der Waals surface area contributed by atoms with Crippen molar-refractivity contribution in [3.05, 3.63) is 70.9 Å². The molecule has 0 amide bonds. The first-order valence-electron chi connectivity index (χ1n) is 8.61. The van der Waals surface area contributed by atoms with Gasteiger partial charge in [-0.1, -0.05) is 56.6 Å². The smallest absolute Gasteiger partial charge is 0.276 e. The van der Waals surface area contributed by atoms with E-state index in [2.05, 4.69) is 40.9 Å². The first-order chi connectivity index (χ1) is 13.2. The zero-order valence-corrected chi connectivity index (χ0v) is 17.3. The highest BCUT2D eigenvalue weighted by molar-refractivity contribution is 7.89. The van der Waals surface area contributed by atoms with Crippen LogP contribution in [0, 0.1) is 0 Å². The topological polar surface area (TPSA) is 87.2 Å². The van der Waals surface area contributed by atoms with Gasteiger partial charge in [-0.25, -0.2) is 4.83 Å². The minimum absolute atomic E-state index is 0.0484. The van der Waals surface area contributed by atoms with Gasteiger partial charge in [-0.15, -0.1) is 0 Å². The Morgan fingerprint density at radius 1 is 1.07 bits per heavy atom. The molecule has 8 heteroatoms. The molecule has 3 aromatic rings. The van der Waals surface area contributed by atoms with Crippen LogP contribution in [0.25, 0.3) is 11.3 Å². The van der Waals surface area contributed by atoms with Gasteiger partial charge in [0, 0.05) is 16.1 Å². The van der Waals surface area contributed by atoms with Crippen molar-refractivity contribution in [2.45, 2.75) is 31.1 Å². The molecular weight excluding hydrogens is 396 g/mol. The summed E-state index contributed by atoms with van der Waals surface area (Å²) in [5, 5.41) is 11.4. The number of benzene rings is 2. The highest BCUT2D eigenvalue weighted by Crippen LogP contribution is 2.24. The molecule has 2 N–H and O–H groups in total. The number of aromatic nitrogens is 2. The maximum Gasteiger partial charge on any atom is 0.276 e. The lowest BCUT2D eigenvalue weighted by Gasteiger charge is -2.19. The van der Waals surface area contributed by atoms with Crippen LogP contribution in [0.5, 0.6) is 0 Å². The van der Waals surface area contributed by atoms with Crippen molar-refractivity contribution >= 4 is 27.8 Å². The Kier molecular flexibility index (Phi) is 5.58. The molecule has 146 valence electrons. The van der Waals surface area contributed by atoms with E-state index in [-0.39, 0.29) is 10.3 Å². The number of nitrogens with zero attached hydrogens (tertiary/aromatic N) is 2. The summed E-state index contributed by atoms with van der Waals surface area (Å²) >= 11 is 5.91. The standard InChI is InChI=1S/C20H21ClN4O2S/c1-20(2,3)16-6-10-18(11-7-16)28(26,27)25-23-13-15-12-22-24-19(15)14-4-8-17(21)9-5-14/h4-13,25H,1-3H3,(H,22,24). The number of sulfonamides is 1. The summed E-state index contributed by atoms with van der Waals surface area (Å²) in [6.45, 7) is 6.21. The summed E-state index contributed by atoms with van der Waals surface area (Å²) in [6.07, 6.45) is 2.98. The highest BCUT2D eigenvalue weighted by atomic mass is 35.5. The van der Waals surface area contributed by atoms with Crippen LogP contribution >= 0.6 is 11.6 Å². The summed E-state index contributed by atoms with van der Waals surface area (Å²) in [4.78, 5) is 2.39. The summed E-state index contributed by atoms with van der Waals surface area (Å²) < 4.78 is 24.9. The van der Waals surface area contributed by atoms with Crippen molar-refractivity contribution in [1.29, 1.82) is 0 Å². The van der Waals surface area contributed by atoms with Crippen LogP contribution in [-0.2, 0) is 15.4 Å². The molecule has 0 saturated heterocycles. The van der Waals surface area contributed by atoms with Gasteiger partial charge < -0.3 is 0 Å². The second kappa shape index (κ2) is 7.77. The first-order valence-corrected chi connectivity index (χ1v) is 10.5. The van der Waals surface area contributed by atoms with Crippen molar-refractivity contribution in [2.75, 3.05) is 0 Å². The molecule has 0 spiro atoms. The molecule has 3 rings (SSSR count). The molecule has 1 heterocycles. The Hall–Kier alpha value is -2.64. The normalized spacial score (nSPS) is 12.4. The average Bonchev–Trinajstić information content (AvgIpc) is 3.10. The fourth-order valence-corrected chi connectivity index (χ4v) is 3.51. The van der Waals surface area contributed by atoms with E-state index < -0.39 is 10.0 Å². The Morgan fingerprint density at radius 2 is 1.71 bits per heavy atom. The van der Waals surface area contributed by atoms with Gasteiger partial charge in [0.1, 0.15) is 0 Å². The van der Waals surface area contributed by atoms with Crippen molar-refractivity contribution in [3.8, 4) is 11.3 Å². The lowest BCUT2D eigenvalue weighted by atomic mass is 9.87. The molecule has 0 bridgehead atoms. The second-order valence-corrected chi connectivity index (χ2v) is 9.43. The average molecular weight is 417 g/mol. The molecule has 6 nitrogen and oxygen atoms in total. The minimum Gasteiger partial charge on any atom is -0.277 e. The van der Waals surface area contributed by atoms with E-state index in [1.165, 1.54) is 6.21 Å². The number of halogens is 1. The van der Waals surface area contributed by atoms with E-state index in [1.807, 2.05) is 24.3 Å². The van der Waals surface area contributed by atoms with Crippen LogP contribution in [-0.4, -0.2) is 24.8 Å². The monoisotopic (exact) mass is 416 g/mol. The van der Waals surface area contributed by atoms with Gasteiger partial charge in [0.2, 0.25) is 0 Å². The van der Waals surface area contributed by atoms with Gasteiger partial charge in [0.05, 0.1) is 23.0 Å². The molecule has 0 saturated carbocycles. The Balaban J connectivity index is 1.76. The predicted octanol–water partition coefficient (Wildman–Crippen LogP) is 4.34. The van der Waals surface area contributed by atoms with Gasteiger partial charge in [-0.3, -0.25) is 5.10 Å². The van der Waals surface area contributed by atoms with Crippen LogP contribution < -0.4 is 4.83 Å². The molecule has 0 aliphatic carbocycles. The third-order valence-electron chi connectivity index (χ3n) is 4.21. The molecule has 0 aliphatic heterocycles. The third-order valence-corrected chi connectivity index (χ3v) is 5.70. The highest BCUT2D eigenvalue weighted by Gasteiger charge is 2.17. The van der Waals surface area contributed by atoms with Gasteiger partial charge in [-0.05, 0) is 35.2 Å². The molecule has 0 unspecified atom stereocenters. The zero-order chi connectivity index (χ0) is 20.4. The number of H-pyrrole nitrogens is 1. The van der Waals surface area contributed by atoms with Crippen molar-refractivity contribution < 1.29 is 8.42 Å². The molecule has 28 heavy (non-hydrogen) atoms. The van der Waals surface area contributed by atoms with E-state index in [9.17, 15) is 8.42 Å². The number of hydrogen-bond acceptors (Lipinski definition) is 4. The summed E-state index contributed by atoms with van der Waals surface area (Å²) in [6, 6.07) is 14.0. The largest absolute Gasteiger partial charge is 0.277 e. The summed E-state index contributed by atoms with van der Waals surface area (Å²) in [5.41, 5.74) is 3.24. The van der Waals surface area contributed by atoms with Gasteiger partial charge in [-0.2, -0.15) is 18.6 Å².